The zero-order valence-corrected chi connectivity index (χ0v) is 22.4. The van der Waals surface area contributed by atoms with E-state index in [-0.39, 0.29) is 10.8 Å². The summed E-state index contributed by atoms with van der Waals surface area (Å²) in [6.45, 7) is 9.71. The number of rotatable bonds is 4. The number of fused-ring (bicyclic) bond motifs is 3. The molecule has 1 heterocycles. The van der Waals surface area contributed by atoms with Crippen LogP contribution in [-0.2, 0) is 6.42 Å². The number of aromatic nitrogens is 1. The van der Waals surface area contributed by atoms with Gasteiger partial charge in [0.15, 0.2) is 0 Å². The first kappa shape index (κ1) is 24.2. The van der Waals surface area contributed by atoms with E-state index >= 15 is 0 Å². The Morgan fingerprint density at radius 3 is 2.32 bits per heavy atom. The third-order valence-corrected chi connectivity index (χ3v) is 9.46. The Morgan fingerprint density at radius 2 is 1.68 bits per heavy atom. The minimum atomic E-state index is -0.878. The summed E-state index contributed by atoms with van der Waals surface area (Å²) < 4.78 is 0. The maximum Gasteiger partial charge on any atom is 0.335 e. The van der Waals surface area contributed by atoms with Crippen molar-refractivity contribution in [3.05, 3.63) is 106 Å². The lowest BCUT2D eigenvalue weighted by molar-refractivity contribution is 0.0697. The highest BCUT2D eigenvalue weighted by molar-refractivity contribution is 5.89. The molecular formula is C34H37NO2. The van der Waals surface area contributed by atoms with Crippen LogP contribution in [0.3, 0.4) is 0 Å². The van der Waals surface area contributed by atoms with Crippen LogP contribution in [0.2, 0.25) is 0 Å². The molecule has 0 aliphatic heterocycles. The predicted molar refractivity (Wildman–Crippen MR) is 149 cm³/mol. The van der Waals surface area contributed by atoms with E-state index < -0.39 is 5.97 Å². The smallest absolute Gasteiger partial charge is 0.335 e. The number of aromatic carboxylic acids is 1. The first-order chi connectivity index (χ1) is 17.6. The fraction of sp³-hybridized carbons (Fsp3) is 0.412. The second-order valence-corrected chi connectivity index (χ2v) is 12.7. The minimum absolute atomic E-state index is 0.199. The Balaban J connectivity index is 1.45. The first-order valence-electron chi connectivity index (χ1n) is 13.8. The summed E-state index contributed by atoms with van der Waals surface area (Å²) >= 11 is 0. The number of hydrogen-bond acceptors (Lipinski definition) is 2. The van der Waals surface area contributed by atoms with Crippen LogP contribution in [0.5, 0.6) is 0 Å². The highest BCUT2D eigenvalue weighted by Crippen LogP contribution is 2.59. The van der Waals surface area contributed by atoms with Crippen molar-refractivity contribution in [3.63, 3.8) is 0 Å². The van der Waals surface area contributed by atoms with Gasteiger partial charge in [0.25, 0.3) is 0 Å². The standard InChI is InChI=1S/C34H37NO2/c1-33(2)13-14-34(3,4)30-19-28-24(18-29(30)33)11-12-26-27(22-7-9-23(10-8-22)32(36)37)17-25(31(26)28)16-21-6-5-15-35-20-21/h5-10,15,17-20,24-25,28H,11-14,16H2,1-4H3,(H,36,37). The van der Waals surface area contributed by atoms with E-state index in [0.717, 1.165) is 24.8 Å². The fourth-order valence-electron chi connectivity index (χ4n) is 7.27. The van der Waals surface area contributed by atoms with Crippen molar-refractivity contribution in [2.45, 2.75) is 59.8 Å². The number of allylic oxidation sites excluding steroid dienone is 8. The molecule has 0 saturated heterocycles. The van der Waals surface area contributed by atoms with E-state index in [1.54, 1.807) is 28.9 Å². The molecule has 0 amide bonds. The van der Waals surface area contributed by atoms with E-state index in [1.807, 2.05) is 30.6 Å². The highest BCUT2D eigenvalue weighted by Gasteiger charge is 2.46. The van der Waals surface area contributed by atoms with E-state index in [1.165, 1.54) is 29.6 Å². The van der Waals surface area contributed by atoms with Crippen LogP contribution < -0.4 is 0 Å². The number of pyridine rings is 1. The minimum Gasteiger partial charge on any atom is -0.478 e. The molecular weight excluding hydrogens is 454 g/mol. The summed E-state index contributed by atoms with van der Waals surface area (Å²) in [6.07, 6.45) is 17.3. The molecule has 0 bridgehead atoms. The second kappa shape index (κ2) is 8.68. The van der Waals surface area contributed by atoms with E-state index in [0.29, 0.717) is 23.3 Å². The van der Waals surface area contributed by atoms with E-state index in [4.69, 9.17) is 0 Å². The molecule has 4 aliphatic carbocycles. The molecule has 3 nitrogen and oxygen atoms in total. The Hall–Kier alpha value is -3.20. The lowest BCUT2D eigenvalue weighted by Crippen LogP contribution is -2.37. The molecule has 190 valence electrons. The maximum atomic E-state index is 11.4. The van der Waals surface area contributed by atoms with Gasteiger partial charge in [-0.2, -0.15) is 0 Å². The lowest BCUT2D eigenvalue weighted by atomic mass is 9.56. The SMILES string of the molecule is CC1(C)CCC(C)(C)C2=CC3C4=C(CCC3C=C21)C(c1ccc(C(=O)O)cc1)=CC4Cc1cccnc1. The van der Waals surface area contributed by atoms with Crippen LogP contribution in [0.25, 0.3) is 5.57 Å². The van der Waals surface area contributed by atoms with Gasteiger partial charge < -0.3 is 5.11 Å². The Morgan fingerprint density at radius 1 is 0.973 bits per heavy atom. The van der Waals surface area contributed by atoms with Crippen molar-refractivity contribution < 1.29 is 9.90 Å². The summed E-state index contributed by atoms with van der Waals surface area (Å²) in [5.41, 5.74) is 10.7. The summed E-state index contributed by atoms with van der Waals surface area (Å²) in [7, 11) is 0. The molecule has 0 spiro atoms. The predicted octanol–water partition coefficient (Wildman–Crippen LogP) is 8.07. The maximum absolute atomic E-state index is 11.4. The van der Waals surface area contributed by atoms with Crippen LogP contribution >= 0.6 is 0 Å². The molecule has 2 aromatic rings. The number of nitrogens with zero attached hydrogens (tertiary/aromatic N) is 1. The van der Waals surface area contributed by atoms with Gasteiger partial charge in [0, 0.05) is 24.2 Å². The third kappa shape index (κ3) is 4.13. The summed E-state index contributed by atoms with van der Waals surface area (Å²) in [4.78, 5) is 15.8. The molecule has 1 saturated carbocycles. The van der Waals surface area contributed by atoms with Crippen molar-refractivity contribution in [2.24, 2.45) is 28.6 Å². The van der Waals surface area contributed by atoms with Crippen LogP contribution in [0, 0.1) is 28.6 Å². The molecule has 6 rings (SSSR count). The molecule has 3 heteroatoms. The van der Waals surface area contributed by atoms with Gasteiger partial charge in [-0.1, -0.05) is 69.7 Å². The number of carboxylic acids is 1. The lowest BCUT2D eigenvalue weighted by Gasteiger charge is -2.49. The number of benzene rings is 1. The van der Waals surface area contributed by atoms with Gasteiger partial charge >= 0.3 is 5.97 Å². The third-order valence-electron chi connectivity index (χ3n) is 9.46. The zero-order chi connectivity index (χ0) is 25.9. The molecule has 1 aromatic heterocycles. The fourth-order valence-corrected chi connectivity index (χ4v) is 7.27. The van der Waals surface area contributed by atoms with Crippen LogP contribution in [0.4, 0.5) is 0 Å². The Bertz CT molecular complexity index is 1370. The number of hydrogen-bond donors (Lipinski definition) is 1. The van der Waals surface area contributed by atoms with Crippen molar-refractivity contribution >= 4 is 11.5 Å². The quantitative estimate of drug-likeness (QED) is 0.470. The van der Waals surface area contributed by atoms with Crippen molar-refractivity contribution in [1.82, 2.24) is 4.98 Å². The molecule has 37 heavy (non-hydrogen) atoms. The number of carbonyl (C=O) groups is 1. The average molecular weight is 492 g/mol. The van der Waals surface area contributed by atoms with Crippen LogP contribution in [0.15, 0.2) is 89.3 Å². The van der Waals surface area contributed by atoms with Gasteiger partial charge in [-0.05, 0) is 100 Å². The van der Waals surface area contributed by atoms with Crippen molar-refractivity contribution in [1.29, 1.82) is 0 Å². The summed E-state index contributed by atoms with van der Waals surface area (Å²) in [5.74, 6) is 0.414. The molecule has 1 aromatic carbocycles. The molecule has 3 unspecified atom stereocenters. The highest BCUT2D eigenvalue weighted by atomic mass is 16.4. The monoisotopic (exact) mass is 491 g/mol. The van der Waals surface area contributed by atoms with Crippen LogP contribution in [0.1, 0.15) is 74.9 Å². The zero-order valence-electron chi connectivity index (χ0n) is 22.4. The van der Waals surface area contributed by atoms with Crippen molar-refractivity contribution in [2.75, 3.05) is 0 Å². The summed E-state index contributed by atoms with van der Waals surface area (Å²) in [5, 5.41) is 9.40. The van der Waals surface area contributed by atoms with E-state index in [9.17, 15) is 9.90 Å². The average Bonchev–Trinajstić information content (AvgIpc) is 3.25. The number of carboxylic acid groups (broad SMARTS) is 1. The Kier molecular flexibility index (Phi) is 5.67. The van der Waals surface area contributed by atoms with Gasteiger partial charge in [0.2, 0.25) is 0 Å². The topological polar surface area (TPSA) is 50.2 Å². The van der Waals surface area contributed by atoms with Gasteiger partial charge in [-0.25, -0.2) is 4.79 Å². The van der Waals surface area contributed by atoms with E-state index in [2.05, 4.69) is 57.0 Å². The summed E-state index contributed by atoms with van der Waals surface area (Å²) in [6, 6.07) is 11.7. The molecule has 4 aliphatic rings. The molecule has 1 N–H and O–H groups in total. The second-order valence-electron chi connectivity index (χ2n) is 12.7. The van der Waals surface area contributed by atoms with Crippen molar-refractivity contribution in [3.8, 4) is 0 Å². The molecule has 0 radical (unpaired) electrons. The normalized spacial score (nSPS) is 27.4. The van der Waals surface area contributed by atoms with Gasteiger partial charge in [0.1, 0.15) is 0 Å². The van der Waals surface area contributed by atoms with Crippen LogP contribution in [-0.4, -0.2) is 16.1 Å². The molecule has 3 atom stereocenters. The van der Waals surface area contributed by atoms with Gasteiger partial charge in [-0.15, -0.1) is 0 Å². The largest absolute Gasteiger partial charge is 0.478 e. The Labute approximate surface area is 220 Å². The molecule has 1 fully saturated rings. The van der Waals surface area contributed by atoms with Gasteiger partial charge in [0.05, 0.1) is 5.56 Å². The van der Waals surface area contributed by atoms with Gasteiger partial charge in [-0.3, -0.25) is 4.98 Å². The first-order valence-corrected chi connectivity index (χ1v) is 13.8.